The van der Waals surface area contributed by atoms with Gasteiger partial charge in [0.25, 0.3) is 0 Å². The molecule has 0 aliphatic rings. The van der Waals surface area contributed by atoms with E-state index in [1.54, 1.807) is 12.1 Å². The number of halogens is 3. The van der Waals surface area contributed by atoms with Crippen LogP contribution in [-0.4, -0.2) is 6.54 Å². The summed E-state index contributed by atoms with van der Waals surface area (Å²) in [6.07, 6.45) is 0. The minimum absolute atomic E-state index is 0.313. The van der Waals surface area contributed by atoms with Crippen LogP contribution in [0.3, 0.4) is 0 Å². The second-order valence-corrected chi connectivity index (χ2v) is 3.86. The van der Waals surface area contributed by atoms with E-state index < -0.39 is 0 Å². The van der Waals surface area contributed by atoms with E-state index >= 15 is 0 Å². The van der Waals surface area contributed by atoms with Gasteiger partial charge in [0.1, 0.15) is 5.82 Å². The van der Waals surface area contributed by atoms with Gasteiger partial charge in [0.2, 0.25) is 0 Å². The highest BCUT2D eigenvalue weighted by molar-refractivity contribution is 9.10. The molecule has 70 valence electrons. The average molecular weight is 265 g/mol. The largest absolute Gasteiger partial charge is 0.377 e. The van der Waals surface area contributed by atoms with Crippen molar-refractivity contribution >= 4 is 33.2 Å². The SMILES string of the molecule is C=C(Cl)CNc1c(F)cccc1Br. The zero-order valence-corrected chi connectivity index (χ0v) is 9.12. The number of benzene rings is 1. The molecule has 1 N–H and O–H groups in total. The summed E-state index contributed by atoms with van der Waals surface area (Å²) in [5, 5.41) is 3.27. The average Bonchev–Trinajstić information content (AvgIpc) is 2.03. The molecule has 0 unspecified atom stereocenters. The van der Waals surface area contributed by atoms with Crippen molar-refractivity contribution in [1.29, 1.82) is 0 Å². The molecule has 0 aromatic heterocycles. The normalized spacial score (nSPS) is 9.77. The second-order valence-electron chi connectivity index (χ2n) is 2.47. The standard InChI is InChI=1S/C9H8BrClFN/c1-6(11)5-13-9-7(10)3-2-4-8(9)12/h2-4,13H,1,5H2. The molecular formula is C9H8BrClFN. The molecule has 1 rings (SSSR count). The van der Waals surface area contributed by atoms with Gasteiger partial charge in [-0.05, 0) is 28.1 Å². The van der Waals surface area contributed by atoms with Crippen molar-refractivity contribution in [1.82, 2.24) is 0 Å². The molecule has 4 heteroatoms. The summed E-state index contributed by atoms with van der Waals surface area (Å²) in [5.41, 5.74) is 0.407. The Labute approximate surface area is 89.7 Å². The van der Waals surface area contributed by atoms with Crippen LogP contribution in [0.25, 0.3) is 0 Å². The molecule has 0 bridgehead atoms. The predicted molar refractivity (Wildman–Crippen MR) is 57.6 cm³/mol. The fourth-order valence-corrected chi connectivity index (χ4v) is 1.40. The van der Waals surface area contributed by atoms with E-state index in [1.165, 1.54) is 6.07 Å². The van der Waals surface area contributed by atoms with Crippen LogP contribution >= 0.6 is 27.5 Å². The first-order chi connectivity index (χ1) is 6.11. The van der Waals surface area contributed by atoms with E-state index in [4.69, 9.17) is 11.6 Å². The lowest BCUT2D eigenvalue weighted by Crippen LogP contribution is -2.03. The van der Waals surface area contributed by atoms with E-state index in [1.807, 2.05) is 0 Å². The van der Waals surface area contributed by atoms with Crippen LogP contribution in [0.1, 0.15) is 0 Å². The van der Waals surface area contributed by atoms with Gasteiger partial charge in [-0.15, -0.1) is 0 Å². The van der Waals surface area contributed by atoms with Crippen molar-refractivity contribution in [2.24, 2.45) is 0 Å². The second kappa shape index (κ2) is 4.63. The molecule has 0 fully saturated rings. The first-order valence-corrected chi connectivity index (χ1v) is 4.79. The van der Waals surface area contributed by atoms with Crippen molar-refractivity contribution in [2.75, 3.05) is 11.9 Å². The summed E-state index contributed by atoms with van der Waals surface area (Å²) in [6, 6.07) is 4.76. The molecule has 1 aromatic rings. The molecule has 0 amide bonds. The van der Waals surface area contributed by atoms with Gasteiger partial charge >= 0.3 is 0 Å². The highest BCUT2D eigenvalue weighted by atomic mass is 79.9. The Morgan fingerprint density at radius 1 is 1.62 bits per heavy atom. The van der Waals surface area contributed by atoms with Crippen LogP contribution in [0.15, 0.2) is 34.3 Å². The summed E-state index contributed by atoms with van der Waals surface area (Å²) in [7, 11) is 0. The minimum atomic E-state index is -0.313. The molecule has 0 spiro atoms. The van der Waals surface area contributed by atoms with Gasteiger partial charge in [-0.3, -0.25) is 0 Å². The quantitative estimate of drug-likeness (QED) is 0.877. The summed E-state index contributed by atoms with van der Waals surface area (Å²) in [5.74, 6) is -0.313. The molecular weight excluding hydrogens is 256 g/mol. The molecule has 13 heavy (non-hydrogen) atoms. The van der Waals surface area contributed by atoms with Crippen LogP contribution in [0.4, 0.5) is 10.1 Å². The zero-order chi connectivity index (χ0) is 9.84. The molecule has 1 aromatic carbocycles. The molecule has 0 heterocycles. The fourth-order valence-electron chi connectivity index (χ4n) is 0.851. The smallest absolute Gasteiger partial charge is 0.147 e. The van der Waals surface area contributed by atoms with Crippen molar-refractivity contribution in [3.63, 3.8) is 0 Å². The monoisotopic (exact) mass is 263 g/mol. The third-order valence-electron chi connectivity index (χ3n) is 1.42. The Balaban J connectivity index is 2.81. The molecule has 0 saturated heterocycles. The number of rotatable bonds is 3. The van der Waals surface area contributed by atoms with Gasteiger partial charge in [-0.25, -0.2) is 4.39 Å². The van der Waals surface area contributed by atoms with Gasteiger partial charge in [0.05, 0.1) is 12.2 Å². The Morgan fingerprint density at radius 3 is 2.85 bits per heavy atom. The molecule has 0 atom stereocenters. The summed E-state index contributed by atoms with van der Waals surface area (Å²) in [6.45, 7) is 3.84. The van der Waals surface area contributed by atoms with Gasteiger partial charge in [0.15, 0.2) is 0 Å². The maximum atomic E-state index is 13.1. The van der Waals surface area contributed by atoms with Gasteiger partial charge in [-0.1, -0.05) is 24.2 Å². The van der Waals surface area contributed by atoms with Crippen molar-refractivity contribution in [3.8, 4) is 0 Å². The van der Waals surface area contributed by atoms with Crippen LogP contribution in [0.5, 0.6) is 0 Å². The van der Waals surface area contributed by atoms with Crippen molar-refractivity contribution in [3.05, 3.63) is 40.1 Å². The molecule has 0 aliphatic heterocycles. The summed E-state index contributed by atoms with van der Waals surface area (Å²) >= 11 is 8.76. The van der Waals surface area contributed by atoms with Crippen LogP contribution in [0.2, 0.25) is 0 Å². The molecule has 1 nitrogen and oxygen atoms in total. The highest BCUT2D eigenvalue weighted by Crippen LogP contribution is 2.25. The van der Waals surface area contributed by atoms with Crippen LogP contribution < -0.4 is 5.32 Å². The fraction of sp³-hybridized carbons (Fsp3) is 0.111. The Hall–Kier alpha value is -0.540. The van der Waals surface area contributed by atoms with E-state index in [0.717, 1.165) is 0 Å². The Morgan fingerprint density at radius 2 is 2.31 bits per heavy atom. The number of hydrogen-bond donors (Lipinski definition) is 1. The van der Waals surface area contributed by atoms with Gasteiger partial charge < -0.3 is 5.32 Å². The van der Waals surface area contributed by atoms with E-state index in [9.17, 15) is 4.39 Å². The van der Waals surface area contributed by atoms with Crippen molar-refractivity contribution < 1.29 is 4.39 Å². The van der Waals surface area contributed by atoms with Gasteiger partial charge in [-0.2, -0.15) is 0 Å². The third kappa shape index (κ3) is 3.01. The lowest BCUT2D eigenvalue weighted by molar-refractivity contribution is 0.630. The maximum absolute atomic E-state index is 13.1. The first kappa shape index (κ1) is 10.5. The molecule has 0 radical (unpaired) electrons. The lowest BCUT2D eigenvalue weighted by atomic mass is 10.3. The van der Waals surface area contributed by atoms with E-state index in [0.29, 0.717) is 21.7 Å². The highest BCUT2D eigenvalue weighted by Gasteiger charge is 2.04. The van der Waals surface area contributed by atoms with Crippen molar-refractivity contribution in [2.45, 2.75) is 0 Å². The maximum Gasteiger partial charge on any atom is 0.147 e. The predicted octanol–water partition coefficient (Wildman–Crippen LogP) is 3.75. The number of para-hydroxylation sites is 1. The van der Waals surface area contributed by atoms with E-state index in [2.05, 4.69) is 27.8 Å². The van der Waals surface area contributed by atoms with E-state index in [-0.39, 0.29) is 5.82 Å². The zero-order valence-electron chi connectivity index (χ0n) is 6.78. The molecule has 0 saturated carbocycles. The Bertz CT molecular complexity index is 307. The number of hydrogen-bond acceptors (Lipinski definition) is 1. The lowest BCUT2D eigenvalue weighted by Gasteiger charge is -2.07. The Kier molecular flexibility index (Phi) is 3.75. The minimum Gasteiger partial charge on any atom is -0.377 e. The van der Waals surface area contributed by atoms with Crippen LogP contribution in [-0.2, 0) is 0 Å². The summed E-state index contributed by atoms with van der Waals surface area (Å²) < 4.78 is 13.8. The first-order valence-electron chi connectivity index (χ1n) is 3.62. The number of anilines is 1. The topological polar surface area (TPSA) is 12.0 Å². The van der Waals surface area contributed by atoms with Crippen LogP contribution in [0, 0.1) is 5.82 Å². The van der Waals surface area contributed by atoms with Gasteiger partial charge in [0, 0.05) is 9.51 Å². The number of nitrogens with one attached hydrogen (secondary N) is 1. The third-order valence-corrected chi connectivity index (χ3v) is 2.21. The molecule has 0 aliphatic carbocycles. The summed E-state index contributed by atoms with van der Waals surface area (Å²) in [4.78, 5) is 0.